The zero-order chi connectivity index (χ0) is 30.4. The lowest BCUT2D eigenvalue weighted by molar-refractivity contribution is -0.143. The molecule has 10 heteroatoms. The van der Waals surface area contributed by atoms with Crippen molar-refractivity contribution in [1.82, 2.24) is 0 Å². The third-order valence-electron chi connectivity index (χ3n) is 7.17. The van der Waals surface area contributed by atoms with Crippen LogP contribution in [0.1, 0.15) is 48.4 Å². The molecule has 224 valence electrons. The first-order valence-electron chi connectivity index (χ1n) is 13.7. The smallest absolute Gasteiger partial charge is 0.306 e. The summed E-state index contributed by atoms with van der Waals surface area (Å²) in [4.78, 5) is 23.0. The van der Waals surface area contributed by atoms with E-state index in [0.29, 0.717) is 36.9 Å². The molecule has 0 saturated heterocycles. The number of benzene rings is 3. The van der Waals surface area contributed by atoms with Crippen LogP contribution in [0.5, 0.6) is 17.2 Å². The molecule has 1 heterocycles. The lowest BCUT2D eigenvalue weighted by atomic mass is 9.89. The number of aryl methyl sites for hydroxylation is 1. The van der Waals surface area contributed by atoms with Crippen LogP contribution >= 0.6 is 0 Å². The maximum Gasteiger partial charge on any atom is 0.306 e. The normalized spacial score (nSPS) is 14.9. The van der Waals surface area contributed by atoms with Gasteiger partial charge >= 0.3 is 11.9 Å². The number of fused-ring (bicyclic) bond motifs is 1. The standard InChI is InChI=1S/C32H36O9S/c1-20-13-27(38-11-6-12-42(4,36)37)15-25(18-39-22(3)33)31(20)24-8-5-7-23(14-24)17-40-26-9-10-28-29(21(2)32(34)35)19-41-30(28)16-26/h5,7-10,13-16,21,29H,6,11-12,17-19H2,1-4H3,(H,34,35)/t21?,29-/m0/s1. The van der Waals surface area contributed by atoms with E-state index in [1.165, 1.54) is 13.2 Å². The molecule has 1 N–H and O–H groups in total. The number of rotatable bonds is 13. The van der Waals surface area contributed by atoms with Gasteiger partial charge in [-0.1, -0.05) is 31.2 Å². The van der Waals surface area contributed by atoms with Crippen LogP contribution in [0.15, 0.2) is 54.6 Å². The van der Waals surface area contributed by atoms with Gasteiger partial charge in [-0.3, -0.25) is 9.59 Å². The van der Waals surface area contributed by atoms with Gasteiger partial charge in [0.25, 0.3) is 0 Å². The number of carbonyl (C=O) groups excluding carboxylic acids is 1. The quantitative estimate of drug-likeness (QED) is 0.206. The van der Waals surface area contributed by atoms with E-state index in [1.54, 1.807) is 13.0 Å². The van der Waals surface area contributed by atoms with Crippen molar-refractivity contribution in [2.75, 3.05) is 25.2 Å². The summed E-state index contributed by atoms with van der Waals surface area (Å²) in [5, 5.41) is 9.38. The molecule has 0 aliphatic carbocycles. The Morgan fingerprint density at radius 1 is 1.05 bits per heavy atom. The number of aliphatic carboxylic acids is 1. The average molecular weight is 597 g/mol. The number of carboxylic acids is 1. The van der Waals surface area contributed by atoms with Crippen LogP contribution < -0.4 is 14.2 Å². The van der Waals surface area contributed by atoms with Gasteiger partial charge in [-0.05, 0) is 59.9 Å². The Kier molecular flexibility index (Phi) is 9.78. The predicted molar refractivity (Wildman–Crippen MR) is 158 cm³/mol. The number of ether oxygens (including phenoxy) is 4. The molecule has 1 aliphatic heterocycles. The summed E-state index contributed by atoms with van der Waals surface area (Å²) in [6.45, 7) is 5.91. The van der Waals surface area contributed by atoms with Gasteiger partial charge in [-0.2, -0.15) is 0 Å². The van der Waals surface area contributed by atoms with Crippen LogP contribution in [0.25, 0.3) is 11.1 Å². The van der Waals surface area contributed by atoms with E-state index in [0.717, 1.165) is 33.4 Å². The van der Waals surface area contributed by atoms with E-state index in [1.807, 2.05) is 55.5 Å². The van der Waals surface area contributed by atoms with Crippen LogP contribution in [-0.2, 0) is 37.4 Å². The van der Waals surface area contributed by atoms with E-state index in [4.69, 9.17) is 18.9 Å². The largest absolute Gasteiger partial charge is 0.494 e. The Balaban J connectivity index is 1.50. The van der Waals surface area contributed by atoms with Crippen molar-refractivity contribution in [3.05, 3.63) is 76.9 Å². The number of sulfone groups is 1. The van der Waals surface area contributed by atoms with Crippen LogP contribution in [-0.4, -0.2) is 50.7 Å². The third kappa shape index (κ3) is 8.03. The summed E-state index contributed by atoms with van der Waals surface area (Å²) in [5.74, 6) is -0.118. The van der Waals surface area contributed by atoms with Gasteiger partial charge in [0.1, 0.15) is 40.3 Å². The summed E-state index contributed by atoms with van der Waals surface area (Å²) in [6.07, 6.45) is 1.57. The summed E-state index contributed by atoms with van der Waals surface area (Å²) < 4.78 is 45.8. The fourth-order valence-corrected chi connectivity index (χ4v) is 5.64. The minimum atomic E-state index is -3.07. The predicted octanol–water partition coefficient (Wildman–Crippen LogP) is 5.31. The highest BCUT2D eigenvalue weighted by atomic mass is 32.2. The second-order valence-corrected chi connectivity index (χ2v) is 12.9. The lowest BCUT2D eigenvalue weighted by Crippen LogP contribution is -2.19. The van der Waals surface area contributed by atoms with Gasteiger partial charge in [0, 0.05) is 36.3 Å². The number of hydrogen-bond donors (Lipinski definition) is 1. The average Bonchev–Trinajstić information content (AvgIpc) is 3.35. The molecule has 0 spiro atoms. The molecule has 9 nitrogen and oxygen atoms in total. The van der Waals surface area contributed by atoms with Crippen molar-refractivity contribution in [1.29, 1.82) is 0 Å². The molecule has 0 aromatic heterocycles. The molecule has 2 atom stereocenters. The molecular formula is C32H36O9S. The SMILES string of the molecule is CC(=O)OCc1cc(OCCCS(C)(=O)=O)cc(C)c1-c1cccc(COc2ccc3c(c2)OC[C@H]3C(C)C(=O)O)c1. The minimum absolute atomic E-state index is 0.0438. The summed E-state index contributed by atoms with van der Waals surface area (Å²) in [5.41, 5.74) is 5.30. The van der Waals surface area contributed by atoms with E-state index in [9.17, 15) is 23.1 Å². The van der Waals surface area contributed by atoms with Crippen molar-refractivity contribution in [2.24, 2.45) is 5.92 Å². The van der Waals surface area contributed by atoms with Gasteiger partial charge in [0.15, 0.2) is 0 Å². The van der Waals surface area contributed by atoms with Crippen LogP contribution in [0.4, 0.5) is 0 Å². The molecule has 0 saturated carbocycles. The molecule has 0 bridgehead atoms. The van der Waals surface area contributed by atoms with Crippen LogP contribution in [0, 0.1) is 12.8 Å². The topological polar surface area (TPSA) is 125 Å². The van der Waals surface area contributed by atoms with Gasteiger partial charge in [-0.15, -0.1) is 0 Å². The molecule has 42 heavy (non-hydrogen) atoms. The fourth-order valence-electron chi connectivity index (χ4n) is 5.00. The first-order chi connectivity index (χ1) is 19.9. The van der Waals surface area contributed by atoms with Crippen molar-refractivity contribution in [3.63, 3.8) is 0 Å². The lowest BCUT2D eigenvalue weighted by Gasteiger charge is -2.17. The molecule has 4 rings (SSSR count). The molecule has 0 amide bonds. The van der Waals surface area contributed by atoms with Gasteiger partial charge in [-0.25, -0.2) is 8.42 Å². The maximum atomic E-state index is 11.6. The van der Waals surface area contributed by atoms with Gasteiger partial charge < -0.3 is 24.1 Å². The summed E-state index contributed by atoms with van der Waals surface area (Å²) in [7, 11) is -3.07. The Bertz CT molecular complexity index is 1560. The Morgan fingerprint density at radius 2 is 1.83 bits per heavy atom. The van der Waals surface area contributed by atoms with Crippen molar-refractivity contribution in [2.45, 2.75) is 46.3 Å². The fraction of sp³-hybridized carbons (Fsp3) is 0.375. The Hall–Kier alpha value is -4.05. The Labute approximate surface area is 246 Å². The van der Waals surface area contributed by atoms with E-state index >= 15 is 0 Å². The third-order valence-corrected chi connectivity index (χ3v) is 8.20. The van der Waals surface area contributed by atoms with Crippen molar-refractivity contribution < 1.29 is 42.1 Å². The Morgan fingerprint density at radius 3 is 2.55 bits per heavy atom. The zero-order valence-electron chi connectivity index (χ0n) is 24.2. The van der Waals surface area contributed by atoms with E-state index < -0.39 is 27.7 Å². The van der Waals surface area contributed by atoms with E-state index in [-0.39, 0.29) is 24.9 Å². The molecule has 3 aromatic rings. The van der Waals surface area contributed by atoms with Gasteiger partial charge in [0.2, 0.25) is 0 Å². The highest BCUT2D eigenvalue weighted by Gasteiger charge is 2.33. The number of carbonyl (C=O) groups is 2. The highest BCUT2D eigenvalue weighted by Crippen LogP contribution is 2.40. The molecule has 0 radical (unpaired) electrons. The molecule has 1 aliphatic rings. The maximum absolute atomic E-state index is 11.6. The van der Waals surface area contributed by atoms with Crippen LogP contribution in [0.3, 0.4) is 0 Å². The first kappa shape index (κ1) is 30.9. The highest BCUT2D eigenvalue weighted by molar-refractivity contribution is 7.90. The number of hydrogen-bond acceptors (Lipinski definition) is 8. The summed E-state index contributed by atoms with van der Waals surface area (Å²) >= 11 is 0. The zero-order valence-corrected chi connectivity index (χ0v) is 25.0. The van der Waals surface area contributed by atoms with Crippen LogP contribution in [0.2, 0.25) is 0 Å². The summed E-state index contributed by atoms with van der Waals surface area (Å²) in [6, 6.07) is 17.1. The van der Waals surface area contributed by atoms with Crippen molar-refractivity contribution in [3.8, 4) is 28.4 Å². The second-order valence-electron chi connectivity index (χ2n) is 10.6. The molecule has 1 unspecified atom stereocenters. The minimum Gasteiger partial charge on any atom is -0.494 e. The monoisotopic (exact) mass is 596 g/mol. The first-order valence-corrected chi connectivity index (χ1v) is 15.8. The molecular weight excluding hydrogens is 560 g/mol. The number of esters is 1. The molecule has 0 fully saturated rings. The molecule has 3 aromatic carbocycles. The van der Waals surface area contributed by atoms with Crippen molar-refractivity contribution >= 4 is 21.8 Å². The number of carboxylic acid groups (broad SMARTS) is 1. The second kappa shape index (κ2) is 13.3. The van der Waals surface area contributed by atoms with E-state index in [2.05, 4.69) is 0 Å². The van der Waals surface area contributed by atoms with Gasteiger partial charge in [0.05, 0.1) is 24.9 Å².